The van der Waals surface area contributed by atoms with Gasteiger partial charge in [-0.05, 0) is 38.0 Å². The SMILES string of the molecule is CCc1ccccc1NC(=O)c1cc(C)n(C)c1C. The topological polar surface area (TPSA) is 34.0 Å². The normalized spacial score (nSPS) is 10.5. The lowest BCUT2D eigenvalue weighted by atomic mass is 10.1. The number of para-hydroxylation sites is 1. The van der Waals surface area contributed by atoms with E-state index >= 15 is 0 Å². The molecule has 2 aromatic rings. The smallest absolute Gasteiger partial charge is 0.257 e. The van der Waals surface area contributed by atoms with Crippen molar-refractivity contribution in [3.05, 3.63) is 52.8 Å². The Balaban J connectivity index is 2.28. The summed E-state index contributed by atoms with van der Waals surface area (Å²) >= 11 is 0. The zero-order valence-corrected chi connectivity index (χ0v) is 11.9. The number of benzene rings is 1. The molecule has 100 valence electrons. The number of nitrogens with one attached hydrogen (secondary N) is 1. The first-order valence-corrected chi connectivity index (χ1v) is 6.56. The van der Waals surface area contributed by atoms with Crippen LogP contribution in [0.4, 0.5) is 5.69 Å². The van der Waals surface area contributed by atoms with Gasteiger partial charge in [0.2, 0.25) is 0 Å². The van der Waals surface area contributed by atoms with Gasteiger partial charge in [0, 0.05) is 24.1 Å². The standard InChI is InChI=1S/C16H20N2O/c1-5-13-8-6-7-9-15(13)17-16(19)14-10-11(2)18(4)12(14)3/h6-10H,5H2,1-4H3,(H,17,19). The number of anilines is 1. The quantitative estimate of drug-likeness (QED) is 0.896. The summed E-state index contributed by atoms with van der Waals surface area (Å²) in [7, 11) is 1.97. The van der Waals surface area contributed by atoms with Gasteiger partial charge in [0.1, 0.15) is 0 Å². The molecule has 3 nitrogen and oxygen atoms in total. The number of hydrogen-bond donors (Lipinski definition) is 1. The molecular formula is C16H20N2O. The van der Waals surface area contributed by atoms with Gasteiger partial charge in [-0.25, -0.2) is 0 Å². The van der Waals surface area contributed by atoms with Crippen LogP contribution < -0.4 is 5.32 Å². The molecule has 1 aromatic heterocycles. The number of amides is 1. The lowest BCUT2D eigenvalue weighted by molar-refractivity contribution is 0.102. The molecule has 0 atom stereocenters. The predicted molar refractivity (Wildman–Crippen MR) is 78.7 cm³/mol. The fourth-order valence-electron chi connectivity index (χ4n) is 2.23. The molecule has 0 bridgehead atoms. The number of nitrogens with zero attached hydrogens (tertiary/aromatic N) is 1. The number of aryl methyl sites for hydroxylation is 2. The van der Waals surface area contributed by atoms with Gasteiger partial charge in [-0.2, -0.15) is 0 Å². The first-order valence-electron chi connectivity index (χ1n) is 6.56. The maximum Gasteiger partial charge on any atom is 0.257 e. The van der Waals surface area contributed by atoms with Crippen molar-refractivity contribution in [2.75, 3.05) is 5.32 Å². The number of carbonyl (C=O) groups is 1. The van der Waals surface area contributed by atoms with E-state index in [-0.39, 0.29) is 5.91 Å². The molecule has 0 unspecified atom stereocenters. The first kappa shape index (κ1) is 13.4. The Labute approximate surface area is 114 Å². The van der Waals surface area contributed by atoms with Crippen LogP contribution in [-0.2, 0) is 13.5 Å². The van der Waals surface area contributed by atoms with E-state index in [0.717, 1.165) is 34.6 Å². The van der Waals surface area contributed by atoms with Crippen LogP contribution in [0.5, 0.6) is 0 Å². The molecule has 1 aromatic carbocycles. The van der Waals surface area contributed by atoms with Gasteiger partial charge in [0.15, 0.2) is 0 Å². The van der Waals surface area contributed by atoms with Crippen molar-refractivity contribution in [1.29, 1.82) is 0 Å². The molecule has 0 spiro atoms. The van der Waals surface area contributed by atoms with Crippen molar-refractivity contribution in [1.82, 2.24) is 4.57 Å². The van der Waals surface area contributed by atoms with Gasteiger partial charge >= 0.3 is 0 Å². The zero-order chi connectivity index (χ0) is 14.0. The van der Waals surface area contributed by atoms with Gasteiger partial charge in [0.05, 0.1) is 5.56 Å². The van der Waals surface area contributed by atoms with Crippen LogP contribution in [0.2, 0.25) is 0 Å². The predicted octanol–water partition coefficient (Wildman–Crippen LogP) is 3.46. The third-order valence-electron chi connectivity index (χ3n) is 3.67. The Hall–Kier alpha value is -2.03. The van der Waals surface area contributed by atoms with Crippen LogP contribution in [0.1, 0.15) is 34.2 Å². The summed E-state index contributed by atoms with van der Waals surface area (Å²) in [5, 5.41) is 3.01. The van der Waals surface area contributed by atoms with E-state index in [9.17, 15) is 4.79 Å². The summed E-state index contributed by atoms with van der Waals surface area (Å²) in [5.41, 5.74) is 4.87. The summed E-state index contributed by atoms with van der Waals surface area (Å²) < 4.78 is 2.03. The molecule has 3 heteroatoms. The molecule has 2 rings (SSSR count). The molecule has 1 N–H and O–H groups in total. The molecule has 1 amide bonds. The van der Waals surface area contributed by atoms with Crippen LogP contribution in [0.3, 0.4) is 0 Å². The summed E-state index contributed by atoms with van der Waals surface area (Å²) in [6.07, 6.45) is 0.906. The second-order valence-corrected chi connectivity index (χ2v) is 4.81. The highest BCUT2D eigenvalue weighted by atomic mass is 16.1. The Kier molecular flexibility index (Phi) is 3.74. The van der Waals surface area contributed by atoms with Gasteiger partial charge in [-0.1, -0.05) is 25.1 Å². The van der Waals surface area contributed by atoms with Crippen LogP contribution in [0.15, 0.2) is 30.3 Å². The maximum absolute atomic E-state index is 12.3. The van der Waals surface area contributed by atoms with Gasteiger partial charge in [0.25, 0.3) is 5.91 Å². The minimum Gasteiger partial charge on any atom is -0.351 e. The number of carbonyl (C=O) groups excluding carboxylic acids is 1. The van der Waals surface area contributed by atoms with Crippen molar-refractivity contribution in [2.24, 2.45) is 7.05 Å². The van der Waals surface area contributed by atoms with Crippen LogP contribution >= 0.6 is 0 Å². The highest BCUT2D eigenvalue weighted by molar-refractivity contribution is 6.05. The van der Waals surface area contributed by atoms with Crippen molar-refractivity contribution in [3.63, 3.8) is 0 Å². The van der Waals surface area contributed by atoms with Gasteiger partial charge < -0.3 is 9.88 Å². The average molecular weight is 256 g/mol. The highest BCUT2D eigenvalue weighted by Gasteiger charge is 2.14. The third kappa shape index (κ3) is 2.55. The maximum atomic E-state index is 12.3. The van der Waals surface area contributed by atoms with E-state index in [4.69, 9.17) is 0 Å². The Morgan fingerprint density at radius 2 is 1.95 bits per heavy atom. The van der Waals surface area contributed by atoms with E-state index in [1.807, 2.05) is 55.8 Å². The Bertz CT molecular complexity index is 611. The molecule has 0 aliphatic rings. The Morgan fingerprint density at radius 3 is 2.53 bits per heavy atom. The van der Waals surface area contributed by atoms with Crippen molar-refractivity contribution < 1.29 is 4.79 Å². The molecule has 1 heterocycles. The van der Waals surface area contributed by atoms with E-state index in [0.29, 0.717) is 0 Å². The minimum absolute atomic E-state index is 0.0397. The van der Waals surface area contributed by atoms with E-state index in [1.165, 1.54) is 0 Å². The van der Waals surface area contributed by atoms with Crippen molar-refractivity contribution >= 4 is 11.6 Å². The molecule has 0 radical (unpaired) electrons. The van der Waals surface area contributed by atoms with Gasteiger partial charge in [-0.15, -0.1) is 0 Å². The second kappa shape index (κ2) is 5.31. The van der Waals surface area contributed by atoms with E-state index < -0.39 is 0 Å². The molecule has 0 saturated carbocycles. The molecule has 0 aliphatic heterocycles. The summed E-state index contributed by atoms with van der Waals surface area (Å²) in [5.74, 6) is -0.0397. The summed E-state index contributed by atoms with van der Waals surface area (Å²) in [4.78, 5) is 12.3. The number of rotatable bonds is 3. The molecule has 0 aliphatic carbocycles. The van der Waals surface area contributed by atoms with Crippen molar-refractivity contribution in [2.45, 2.75) is 27.2 Å². The van der Waals surface area contributed by atoms with Crippen molar-refractivity contribution in [3.8, 4) is 0 Å². The highest BCUT2D eigenvalue weighted by Crippen LogP contribution is 2.19. The summed E-state index contributed by atoms with van der Waals surface area (Å²) in [6.45, 7) is 6.06. The minimum atomic E-state index is -0.0397. The molecule has 19 heavy (non-hydrogen) atoms. The zero-order valence-electron chi connectivity index (χ0n) is 11.9. The molecule has 0 saturated heterocycles. The summed E-state index contributed by atoms with van der Waals surface area (Å²) in [6, 6.07) is 9.85. The molecule has 0 fully saturated rings. The van der Waals surface area contributed by atoms with E-state index in [2.05, 4.69) is 12.2 Å². The number of hydrogen-bond acceptors (Lipinski definition) is 1. The number of aromatic nitrogens is 1. The third-order valence-corrected chi connectivity index (χ3v) is 3.67. The van der Waals surface area contributed by atoms with Crippen LogP contribution in [-0.4, -0.2) is 10.5 Å². The molecular weight excluding hydrogens is 236 g/mol. The lowest BCUT2D eigenvalue weighted by Gasteiger charge is -2.09. The largest absolute Gasteiger partial charge is 0.351 e. The lowest BCUT2D eigenvalue weighted by Crippen LogP contribution is -2.14. The second-order valence-electron chi connectivity index (χ2n) is 4.81. The van der Waals surface area contributed by atoms with Crippen LogP contribution in [0, 0.1) is 13.8 Å². The first-order chi connectivity index (χ1) is 9.04. The monoisotopic (exact) mass is 256 g/mol. The Morgan fingerprint density at radius 1 is 1.26 bits per heavy atom. The van der Waals surface area contributed by atoms with E-state index in [1.54, 1.807) is 0 Å². The fourth-order valence-corrected chi connectivity index (χ4v) is 2.23. The van der Waals surface area contributed by atoms with Crippen LogP contribution in [0.25, 0.3) is 0 Å². The average Bonchev–Trinajstić information content (AvgIpc) is 2.67. The fraction of sp³-hybridized carbons (Fsp3) is 0.312. The van der Waals surface area contributed by atoms with Gasteiger partial charge in [-0.3, -0.25) is 4.79 Å².